The lowest BCUT2D eigenvalue weighted by Gasteiger charge is -2.13. The van der Waals surface area contributed by atoms with Crippen molar-refractivity contribution in [2.75, 3.05) is 13.2 Å². The summed E-state index contributed by atoms with van der Waals surface area (Å²) in [6.45, 7) is 4.75. The Morgan fingerprint density at radius 3 is 2.61 bits per heavy atom. The van der Waals surface area contributed by atoms with E-state index in [2.05, 4.69) is 20.9 Å². The van der Waals surface area contributed by atoms with Gasteiger partial charge in [-0.15, -0.1) is 0 Å². The number of aliphatic imine (C=N–C) groups is 1. The molecular formula is C20H16BrCl2NO4. The van der Waals surface area contributed by atoms with Gasteiger partial charge in [-0.3, -0.25) is 0 Å². The van der Waals surface area contributed by atoms with Crippen molar-refractivity contribution in [3.05, 3.63) is 61.7 Å². The fourth-order valence-electron chi connectivity index (χ4n) is 2.56. The normalized spacial score (nSPS) is 14.8. The third-order valence-electron chi connectivity index (χ3n) is 3.70. The molecule has 1 aliphatic rings. The molecule has 0 unspecified atom stereocenters. The third kappa shape index (κ3) is 4.51. The van der Waals surface area contributed by atoms with E-state index in [0.29, 0.717) is 50.4 Å². The van der Waals surface area contributed by atoms with E-state index < -0.39 is 5.97 Å². The minimum Gasteiger partial charge on any atom is -0.490 e. The van der Waals surface area contributed by atoms with Gasteiger partial charge in [-0.1, -0.05) is 23.2 Å². The van der Waals surface area contributed by atoms with Gasteiger partial charge < -0.3 is 14.2 Å². The van der Waals surface area contributed by atoms with E-state index in [4.69, 9.17) is 37.4 Å². The molecule has 0 radical (unpaired) electrons. The van der Waals surface area contributed by atoms with Crippen LogP contribution in [0.25, 0.3) is 6.08 Å². The number of carbonyl (C=O) groups is 1. The molecule has 0 fully saturated rings. The molecule has 146 valence electrons. The van der Waals surface area contributed by atoms with Crippen LogP contribution in [0.1, 0.15) is 25.0 Å². The summed E-state index contributed by atoms with van der Waals surface area (Å²) < 4.78 is 17.3. The Bertz CT molecular complexity index is 988. The van der Waals surface area contributed by atoms with Crippen LogP contribution in [0.3, 0.4) is 0 Å². The topological polar surface area (TPSA) is 57.1 Å². The molecule has 0 spiro atoms. The molecule has 0 aromatic heterocycles. The lowest BCUT2D eigenvalue weighted by atomic mass is 10.1. The molecule has 1 heterocycles. The van der Waals surface area contributed by atoms with Crippen molar-refractivity contribution in [2.45, 2.75) is 13.8 Å². The van der Waals surface area contributed by atoms with Gasteiger partial charge in [-0.05, 0) is 71.7 Å². The van der Waals surface area contributed by atoms with Crippen molar-refractivity contribution < 1.29 is 19.0 Å². The second-order valence-electron chi connectivity index (χ2n) is 5.66. The maximum absolute atomic E-state index is 12.3. The van der Waals surface area contributed by atoms with Crippen LogP contribution in [0.15, 0.2) is 45.5 Å². The Balaban J connectivity index is 2.00. The number of nitrogens with zero attached hydrogens (tertiary/aromatic N) is 1. The molecule has 5 nitrogen and oxygen atoms in total. The van der Waals surface area contributed by atoms with Crippen molar-refractivity contribution >= 4 is 57.1 Å². The van der Waals surface area contributed by atoms with Crippen LogP contribution >= 0.6 is 39.1 Å². The molecular weight excluding hydrogens is 469 g/mol. The standard InChI is InChI=1S/C20H16BrCl2NO4/c1-3-26-17-9-11(7-14(21)18(17)27-4-2)8-16-20(25)28-19(24-16)13-10-12(22)5-6-15(13)23/h5-10H,3-4H2,1-2H3. The maximum Gasteiger partial charge on any atom is 0.363 e. The van der Waals surface area contributed by atoms with Gasteiger partial charge in [0.2, 0.25) is 5.90 Å². The summed E-state index contributed by atoms with van der Waals surface area (Å²) in [5.74, 6) is 0.710. The molecule has 0 bridgehead atoms. The van der Waals surface area contributed by atoms with E-state index in [9.17, 15) is 4.79 Å². The molecule has 0 saturated heterocycles. The van der Waals surface area contributed by atoms with Crippen molar-refractivity contribution in [3.8, 4) is 11.5 Å². The number of rotatable bonds is 6. The molecule has 3 rings (SSSR count). The lowest BCUT2D eigenvalue weighted by molar-refractivity contribution is -0.129. The van der Waals surface area contributed by atoms with Crippen molar-refractivity contribution in [1.29, 1.82) is 0 Å². The predicted octanol–water partition coefficient (Wildman–Crippen LogP) is 5.90. The second-order valence-corrected chi connectivity index (χ2v) is 7.35. The number of halogens is 3. The first-order chi connectivity index (χ1) is 13.4. The molecule has 0 N–H and O–H groups in total. The molecule has 2 aromatic carbocycles. The van der Waals surface area contributed by atoms with Gasteiger partial charge in [0.25, 0.3) is 0 Å². The number of benzene rings is 2. The molecule has 1 aliphatic heterocycles. The van der Waals surface area contributed by atoms with Gasteiger partial charge in [0.15, 0.2) is 17.2 Å². The Morgan fingerprint density at radius 1 is 1.14 bits per heavy atom. The number of cyclic esters (lactones) is 1. The average molecular weight is 485 g/mol. The number of esters is 1. The molecule has 2 aromatic rings. The fraction of sp³-hybridized carbons (Fsp3) is 0.200. The highest BCUT2D eigenvalue weighted by molar-refractivity contribution is 9.10. The van der Waals surface area contributed by atoms with Crippen LogP contribution in [0.2, 0.25) is 10.0 Å². The number of ether oxygens (including phenoxy) is 3. The quantitative estimate of drug-likeness (QED) is 0.378. The van der Waals surface area contributed by atoms with Crippen LogP contribution < -0.4 is 9.47 Å². The first-order valence-electron chi connectivity index (χ1n) is 8.50. The zero-order valence-electron chi connectivity index (χ0n) is 15.1. The SMILES string of the molecule is CCOc1cc(C=C2N=C(c3cc(Cl)ccc3Cl)OC2=O)cc(Br)c1OCC. The third-order valence-corrected chi connectivity index (χ3v) is 4.86. The second kappa shape index (κ2) is 8.99. The molecule has 0 atom stereocenters. The van der Waals surface area contributed by atoms with E-state index in [1.54, 1.807) is 30.3 Å². The van der Waals surface area contributed by atoms with Gasteiger partial charge in [0.05, 0.1) is 28.3 Å². The first kappa shape index (κ1) is 20.7. The van der Waals surface area contributed by atoms with Gasteiger partial charge in [0, 0.05) is 5.02 Å². The van der Waals surface area contributed by atoms with Gasteiger partial charge in [-0.2, -0.15) is 0 Å². The molecule has 0 saturated carbocycles. The molecule has 28 heavy (non-hydrogen) atoms. The van der Waals surface area contributed by atoms with Crippen LogP contribution in [0, 0.1) is 0 Å². The van der Waals surface area contributed by atoms with Crippen molar-refractivity contribution in [1.82, 2.24) is 0 Å². The van der Waals surface area contributed by atoms with Crippen LogP contribution in [0.4, 0.5) is 0 Å². The predicted molar refractivity (Wildman–Crippen MR) is 114 cm³/mol. The van der Waals surface area contributed by atoms with Crippen LogP contribution in [-0.4, -0.2) is 25.1 Å². The Hall–Kier alpha value is -2.02. The summed E-state index contributed by atoms with van der Waals surface area (Å²) in [5, 5.41) is 0.854. The largest absolute Gasteiger partial charge is 0.490 e. The smallest absolute Gasteiger partial charge is 0.363 e. The van der Waals surface area contributed by atoms with E-state index in [1.807, 2.05) is 19.9 Å². The fourth-order valence-corrected chi connectivity index (χ4v) is 3.51. The van der Waals surface area contributed by atoms with Crippen molar-refractivity contribution in [2.24, 2.45) is 4.99 Å². The lowest BCUT2D eigenvalue weighted by Crippen LogP contribution is -2.06. The summed E-state index contributed by atoms with van der Waals surface area (Å²) in [6, 6.07) is 8.45. The van der Waals surface area contributed by atoms with E-state index >= 15 is 0 Å². The highest BCUT2D eigenvalue weighted by Gasteiger charge is 2.26. The Kier molecular flexibility index (Phi) is 6.65. The van der Waals surface area contributed by atoms with E-state index in [-0.39, 0.29) is 11.6 Å². The molecule has 0 aliphatic carbocycles. The number of hydrogen-bond acceptors (Lipinski definition) is 5. The summed E-state index contributed by atoms with van der Waals surface area (Å²) in [4.78, 5) is 16.6. The summed E-state index contributed by atoms with van der Waals surface area (Å²) in [6.07, 6.45) is 1.61. The maximum atomic E-state index is 12.3. The zero-order valence-corrected chi connectivity index (χ0v) is 18.2. The van der Waals surface area contributed by atoms with Gasteiger partial charge >= 0.3 is 5.97 Å². The van der Waals surface area contributed by atoms with E-state index in [0.717, 1.165) is 0 Å². The minimum atomic E-state index is -0.575. The molecule has 0 amide bonds. The van der Waals surface area contributed by atoms with Crippen LogP contribution in [0.5, 0.6) is 11.5 Å². The zero-order chi connectivity index (χ0) is 20.3. The van der Waals surface area contributed by atoms with Gasteiger partial charge in [-0.25, -0.2) is 9.79 Å². The number of carbonyl (C=O) groups excluding carboxylic acids is 1. The summed E-state index contributed by atoms with van der Waals surface area (Å²) in [5.41, 5.74) is 1.30. The Morgan fingerprint density at radius 2 is 1.89 bits per heavy atom. The Labute approximate surface area is 181 Å². The van der Waals surface area contributed by atoms with Crippen LogP contribution in [-0.2, 0) is 9.53 Å². The highest BCUT2D eigenvalue weighted by atomic mass is 79.9. The monoisotopic (exact) mass is 483 g/mol. The summed E-state index contributed by atoms with van der Waals surface area (Å²) >= 11 is 15.7. The van der Waals surface area contributed by atoms with Crippen molar-refractivity contribution in [3.63, 3.8) is 0 Å². The molecule has 8 heteroatoms. The van der Waals surface area contributed by atoms with Gasteiger partial charge in [0.1, 0.15) is 0 Å². The highest BCUT2D eigenvalue weighted by Crippen LogP contribution is 2.38. The summed E-state index contributed by atoms with van der Waals surface area (Å²) in [7, 11) is 0. The minimum absolute atomic E-state index is 0.110. The average Bonchev–Trinajstić information content (AvgIpc) is 3.00. The number of hydrogen-bond donors (Lipinski definition) is 0. The van der Waals surface area contributed by atoms with E-state index in [1.165, 1.54) is 0 Å². The first-order valence-corrected chi connectivity index (χ1v) is 10.0.